The Morgan fingerprint density at radius 1 is 1.60 bits per heavy atom. The second kappa shape index (κ2) is 3.74. The summed E-state index contributed by atoms with van der Waals surface area (Å²) in [5.74, 6) is 5.85. The molecule has 0 saturated heterocycles. The molecule has 0 aliphatic carbocycles. The van der Waals surface area contributed by atoms with E-state index < -0.39 is 0 Å². The SMILES string of the molecule is CC#CCc1c[c]ccc1. The van der Waals surface area contributed by atoms with Crippen LogP contribution < -0.4 is 0 Å². The Morgan fingerprint density at radius 2 is 2.50 bits per heavy atom. The fourth-order valence-electron chi connectivity index (χ4n) is 0.731. The smallest absolute Gasteiger partial charge is 0.0340 e. The maximum atomic E-state index is 3.00. The first-order chi connectivity index (χ1) is 4.93. The van der Waals surface area contributed by atoms with E-state index in [0.717, 1.165) is 6.42 Å². The summed E-state index contributed by atoms with van der Waals surface area (Å²) in [6.45, 7) is 1.85. The van der Waals surface area contributed by atoms with Crippen LogP contribution in [-0.2, 0) is 6.42 Å². The van der Waals surface area contributed by atoms with Gasteiger partial charge in [-0.15, -0.1) is 5.92 Å². The highest BCUT2D eigenvalue weighted by atomic mass is 13.9. The van der Waals surface area contributed by atoms with Crippen LogP contribution in [0.15, 0.2) is 24.3 Å². The van der Waals surface area contributed by atoms with Crippen molar-refractivity contribution in [2.24, 2.45) is 0 Å². The third-order valence-corrected chi connectivity index (χ3v) is 1.24. The maximum Gasteiger partial charge on any atom is 0.0340 e. The molecule has 0 nitrogen and oxygen atoms in total. The summed E-state index contributed by atoms with van der Waals surface area (Å²) >= 11 is 0. The van der Waals surface area contributed by atoms with Crippen molar-refractivity contribution in [3.8, 4) is 11.8 Å². The molecule has 10 heavy (non-hydrogen) atoms. The summed E-state index contributed by atoms with van der Waals surface area (Å²) in [6.07, 6.45) is 0.841. The Bertz CT molecular complexity index is 236. The van der Waals surface area contributed by atoms with Gasteiger partial charge in [-0.3, -0.25) is 0 Å². The van der Waals surface area contributed by atoms with Crippen LogP contribution >= 0.6 is 0 Å². The molecule has 1 aromatic rings. The average Bonchev–Trinajstić information content (AvgIpc) is 2.03. The van der Waals surface area contributed by atoms with E-state index in [4.69, 9.17) is 0 Å². The van der Waals surface area contributed by atoms with Crippen molar-refractivity contribution in [1.82, 2.24) is 0 Å². The molecular formula is C10H9. The minimum atomic E-state index is 0.841. The molecule has 0 unspecified atom stereocenters. The van der Waals surface area contributed by atoms with Crippen molar-refractivity contribution in [3.05, 3.63) is 35.9 Å². The van der Waals surface area contributed by atoms with Crippen LogP contribution in [-0.4, -0.2) is 0 Å². The number of hydrogen-bond donors (Lipinski definition) is 0. The largest absolute Gasteiger partial charge is 0.106 e. The van der Waals surface area contributed by atoms with Gasteiger partial charge in [-0.25, -0.2) is 0 Å². The van der Waals surface area contributed by atoms with Gasteiger partial charge in [0.05, 0.1) is 0 Å². The van der Waals surface area contributed by atoms with Gasteiger partial charge < -0.3 is 0 Å². The van der Waals surface area contributed by atoms with Crippen molar-refractivity contribution < 1.29 is 0 Å². The molecule has 0 saturated carbocycles. The van der Waals surface area contributed by atoms with E-state index in [0.29, 0.717) is 0 Å². The first-order valence-corrected chi connectivity index (χ1v) is 3.28. The summed E-state index contributed by atoms with van der Waals surface area (Å²) in [7, 11) is 0. The van der Waals surface area contributed by atoms with Gasteiger partial charge >= 0.3 is 0 Å². The first kappa shape index (κ1) is 6.89. The number of rotatable bonds is 1. The van der Waals surface area contributed by atoms with E-state index in [1.54, 1.807) is 0 Å². The summed E-state index contributed by atoms with van der Waals surface area (Å²) < 4.78 is 0. The van der Waals surface area contributed by atoms with Gasteiger partial charge in [-0.05, 0) is 18.6 Å². The zero-order valence-corrected chi connectivity index (χ0v) is 6.02. The van der Waals surface area contributed by atoms with Gasteiger partial charge in [-0.1, -0.05) is 30.2 Å². The standard InChI is InChI=1S/C10H9/c1-2-3-7-10-8-5-4-6-9-10/h4-5,8-9H,7H2,1H3. The normalized spacial score (nSPS) is 8.10. The molecule has 0 bridgehead atoms. The van der Waals surface area contributed by atoms with E-state index in [-0.39, 0.29) is 0 Å². The van der Waals surface area contributed by atoms with Crippen LogP contribution in [0.2, 0.25) is 0 Å². The topological polar surface area (TPSA) is 0 Å². The maximum absolute atomic E-state index is 3.00. The van der Waals surface area contributed by atoms with E-state index in [1.165, 1.54) is 5.56 Å². The molecular weight excluding hydrogens is 120 g/mol. The predicted octanol–water partition coefficient (Wildman–Crippen LogP) is 2.05. The minimum absolute atomic E-state index is 0.841. The molecule has 49 valence electrons. The van der Waals surface area contributed by atoms with E-state index >= 15 is 0 Å². The molecule has 1 radical (unpaired) electrons. The van der Waals surface area contributed by atoms with Crippen LogP contribution in [0, 0.1) is 17.9 Å². The summed E-state index contributed by atoms with van der Waals surface area (Å²) in [6, 6.07) is 10.9. The van der Waals surface area contributed by atoms with Gasteiger partial charge in [0.15, 0.2) is 0 Å². The van der Waals surface area contributed by atoms with Gasteiger partial charge in [0, 0.05) is 6.42 Å². The lowest BCUT2D eigenvalue weighted by molar-refractivity contribution is 1.31. The lowest BCUT2D eigenvalue weighted by Crippen LogP contribution is -1.77. The highest BCUT2D eigenvalue weighted by molar-refractivity contribution is 5.19. The zero-order chi connectivity index (χ0) is 7.23. The lowest BCUT2D eigenvalue weighted by Gasteiger charge is -1.89. The van der Waals surface area contributed by atoms with Crippen LogP contribution in [0.25, 0.3) is 0 Å². The summed E-state index contributed by atoms with van der Waals surface area (Å²) in [4.78, 5) is 0. The Labute approximate surface area is 61.9 Å². The molecule has 0 fully saturated rings. The first-order valence-electron chi connectivity index (χ1n) is 3.28. The molecule has 1 rings (SSSR count). The Balaban J connectivity index is 2.64. The molecule has 0 aliphatic rings. The van der Waals surface area contributed by atoms with Crippen molar-refractivity contribution in [1.29, 1.82) is 0 Å². The van der Waals surface area contributed by atoms with Gasteiger partial charge in [0.2, 0.25) is 0 Å². The molecule has 0 spiro atoms. The van der Waals surface area contributed by atoms with Gasteiger partial charge in [0.25, 0.3) is 0 Å². The Hall–Kier alpha value is -1.22. The highest BCUT2D eigenvalue weighted by Gasteiger charge is 1.83. The lowest BCUT2D eigenvalue weighted by atomic mass is 10.2. The van der Waals surface area contributed by atoms with Crippen molar-refractivity contribution in [2.45, 2.75) is 13.3 Å². The van der Waals surface area contributed by atoms with Gasteiger partial charge in [0.1, 0.15) is 0 Å². The van der Waals surface area contributed by atoms with Gasteiger partial charge in [-0.2, -0.15) is 0 Å². The zero-order valence-electron chi connectivity index (χ0n) is 6.02. The van der Waals surface area contributed by atoms with Crippen molar-refractivity contribution in [3.63, 3.8) is 0 Å². The van der Waals surface area contributed by atoms with E-state index in [1.807, 2.05) is 25.1 Å². The fraction of sp³-hybridized carbons (Fsp3) is 0.200. The molecule has 0 N–H and O–H groups in total. The van der Waals surface area contributed by atoms with E-state index in [9.17, 15) is 0 Å². The second-order valence-electron chi connectivity index (χ2n) is 2.02. The summed E-state index contributed by atoms with van der Waals surface area (Å²) in [5.41, 5.74) is 1.23. The average molecular weight is 129 g/mol. The molecule has 0 heterocycles. The van der Waals surface area contributed by atoms with Crippen LogP contribution in [0.3, 0.4) is 0 Å². The van der Waals surface area contributed by atoms with Crippen LogP contribution in [0.4, 0.5) is 0 Å². The minimum Gasteiger partial charge on any atom is -0.106 e. The predicted molar refractivity (Wildman–Crippen MR) is 42.4 cm³/mol. The third kappa shape index (κ3) is 1.95. The molecule has 0 aromatic heterocycles. The molecule has 0 heteroatoms. The Kier molecular flexibility index (Phi) is 2.58. The van der Waals surface area contributed by atoms with E-state index in [2.05, 4.69) is 24.0 Å². The molecule has 0 atom stereocenters. The van der Waals surface area contributed by atoms with Crippen molar-refractivity contribution in [2.75, 3.05) is 0 Å². The highest BCUT2D eigenvalue weighted by Crippen LogP contribution is 1.96. The monoisotopic (exact) mass is 129 g/mol. The Morgan fingerprint density at radius 3 is 3.10 bits per heavy atom. The quantitative estimate of drug-likeness (QED) is 0.509. The summed E-state index contributed by atoms with van der Waals surface area (Å²) in [5, 5.41) is 0. The molecule has 0 aliphatic heterocycles. The van der Waals surface area contributed by atoms with Crippen LogP contribution in [0.1, 0.15) is 12.5 Å². The molecule has 1 aromatic carbocycles. The van der Waals surface area contributed by atoms with Crippen molar-refractivity contribution >= 4 is 0 Å². The second-order valence-corrected chi connectivity index (χ2v) is 2.02. The number of hydrogen-bond acceptors (Lipinski definition) is 0. The van der Waals surface area contributed by atoms with Crippen LogP contribution in [0.5, 0.6) is 0 Å². The fourth-order valence-corrected chi connectivity index (χ4v) is 0.731. The number of benzene rings is 1. The third-order valence-electron chi connectivity index (χ3n) is 1.24. The molecule has 0 amide bonds.